The molecule has 0 amide bonds. The third-order valence-corrected chi connectivity index (χ3v) is 30.6. The van der Waals surface area contributed by atoms with Crippen LogP contribution in [0.3, 0.4) is 0 Å². The lowest BCUT2D eigenvalue weighted by atomic mass is 9.93. The number of thiophene rings is 3. The highest BCUT2D eigenvalue weighted by Crippen LogP contribution is 2.61. The first-order valence-electron chi connectivity index (χ1n) is 45.6. The molecule has 26 aromatic rings. The summed E-state index contributed by atoms with van der Waals surface area (Å²) < 4.78 is 3.90. The van der Waals surface area contributed by atoms with E-state index >= 15 is 0 Å². The molecule has 3 aliphatic carbocycles. The molecule has 0 radical (unpaired) electrons. The molecule has 0 atom stereocenters. The molecule has 10 heteroatoms. The molecule has 0 saturated carbocycles. The molecule has 0 bridgehead atoms. The first-order chi connectivity index (χ1) is 67.0. The fourth-order valence-electron chi connectivity index (χ4n) is 20.8. The normalized spacial score (nSPS) is 11.9. The molecule has 6 heterocycles. The van der Waals surface area contributed by atoms with Crippen molar-refractivity contribution in [2.24, 2.45) is 0 Å². The zero-order valence-electron chi connectivity index (χ0n) is 72.5. The summed E-state index contributed by atoms with van der Waals surface area (Å²) in [6.45, 7) is 0. The number of hydrogen-bond donors (Lipinski definition) is 0. The lowest BCUT2D eigenvalue weighted by molar-refractivity contribution is 1.07. The second-order valence-corrected chi connectivity index (χ2v) is 37.7. The summed E-state index contributed by atoms with van der Waals surface area (Å²) in [4.78, 5) is 39.8. The predicted octanol–water partition coefficient (Wildman–Crippen LogP) is 34.7. The van der Waals surface area contributed by atoms with Crippen molar-refractivity contribution < 1.29 is 0 Å². The van der Waals surface area contributed by atoms with Crippen LogP contribution >= 0.6 is 34.0 Å². The SMILES string of the molecule is c1ccc(-c2nc(-c3ccc(-c4sc5c6c(cc7ccccc75)-c5ccccc5-c5ccccc5-c46)cc3)nc(-c3ccc4ccccc4c3)n2)cc1.c1ccc(-c2nc(-c3sc4c5c(cc6ccccc64)-c4ccccc4-c4ccccc4-c35)nc3ccccc23)cc1.c1ccc(-c2nc3ccccc3nc2-c2sc3c4c(cc5ccccc53)-c3ccccc3-c3ccccc3-c24)cc1. The Balaban J connectivity index is 0.000000104. The number of benzene rings is 20. The van der Waals surface area contributed by atoms with E-state index in [4.69, 9.17) is 34.9 Å². The minimum Gasteiger partial charge on any atom is -0.244 e. The van der Waals surface area contributed by atoms with E-state index in [0.717, 1.165) is 87.8 Å². The Bertz CT molecular complexity index is 9390. The van der Waals surface area contributed by atoms with Crippen LogP contribution in [0, 0.1) is 0 Å². The quantitative estimate of drug-likeness (QED) is 0.150. The van der Waals surface area contributed by atoms with Gasteiger partial charge in [0, 0.05) is 85.0 Å². The molecule has 0 saturated heterocycles. The molecule has 0 fully saturated rings. The van der Waals surface area contributed by atoms with Crippen LogP contribution in [0.5, 0.6) is 0 Å². The van der Waals surface area contributed by atoms with Crippen LogP contribution in [0.1, 0.15) is 0 Å². The van der Waals surface area contributed by atoms with Crippen molar-refractivity contribution in [2.75, 3.05) is 0 Å². The third-order valence-electron chi connectivity index (χ3n) is 26.9. The Morgan fingerprint density at radius 2 is 0.452 bits per heavy atom. The molecule has 20 aromatic carbocycles. The molecular formula is C125H73N7S3. The van der Waals surface area contributed by atoms with E-state index in [9.17, 15) is 0 Å². The van der Waals surface area contributed by atoms with Crippen molar-refractivity contribution in [2.45, 2.75) is 0 Å². The van der Waals surface area contributed by atoms with Gasteiger partial charge in [0.2, 0.25) is 0 Å². The molecule has 7 nitrogen and oxygen atoms in total. The minimum absolute atomic E-state index is 0.650. The van der Waals surface area contributed by atoms with Crippen LogP contribution in [0.25, 0.3) is 284 Å². The smallest absolute Gasteiger partial charge is 0.171 e. The van der Waals surface area contributed by atoms with Crippen LogP contribution in [-0.2, 0) is 0 Å². The fraction of sp³-hybridized carbons (Fsp3) is 0. The largest absolute Gasteiger partial charge is 0.244 e. The van der Waals surface area contributed by atoms with Crippen molar-refractivity contribution in [3.63, 3.8) is 0 Å². The zero-order valence-corrected chi connectivity index (χ0v) is 75.0. The summed E-state index contributed by atoms with van der Waals surface area (Å²) in [5, 5.41) is 14.9. The Kier molecular flexibility index (Phi) is 18.4. The second-order valence-electron chi connectivity index (χ2n) is 34.6. The number of rotatable bonds is 8. The van der Waals surface area contributed by atoms with Crippen molar-refractivity contribution in [3.8, 4) is 189 Å². The Morgan fingerprint density at radius 3 is 0.919 bits per heavy atom. The molecule has 3 aliphatic rings. The Hall–Kier alpha value is -17.0. The van der Waals surface area contributed by atoms with Gasteiger partial charge in [-0.1, -0.05) is 400 Å². The fourth-order valence-corrected chi connectivity index (χ4v) is 24.9. The van der Waals surface area contributed by atoms with Gasteiger partial charge in [-0.3, -0.25) is 0 Å². The summed E-state index contributed by atoms with van der Waals surface area (Å²) in [6, 6.07) is 158. The first-order valence-corrected chi connectivity index (χ1v) is 48.0. The minimum atomic E-state index is 0.650. The summed E-state index contributed by atoms with van der Waals surface area (Å²) in [5.41, 5.74) is 34.5. The van der Waals surface area contributed by atoms with Gasteiger partial charge in [-0.05, 0) is 175 Å². The van der Waals surface area contributed by atoms with E-state index < -0.39 is 0 Å². The van der Waals surface area contributed by atoms with Crippen molar-refractivity contribution in [1.82, 2.24) is 34.9 Å². The second kappa shape index (κ2) is 31.9. The molecule has 135 heavy (non-hydrogen) atoms. The van der Waals surface area contributed by atoms with Crippen LogP contribution < -0.4 is 0 Å². The van der Waals surface area contributed by atoms with Gasteiger partial charge in [0.05, 0.1) is 37.7 Å². The molecule has 0 N–H and O–H groups in total. The monoisotopic (exact) mass is 1770 g/mol. The highest BCUT2D eigenvalue weighted by atomic mass is 32.1. The molecule has 0 spiro atoms. The van der Waals surface area contributed by atoms with Gasteiger partial charge in [-0.25, -0.2) is 34.9 Å². The molecule has 0 aliphatic heterocycles. The van der Waals surface area contributed by atoms with Crippen LogP contribution in [0.15, 0.2) is 443 Å². The molecular weight excluding hydrogens is 1700 g/mol. The van der Waals surface area contributed by atoms with E-state index in [2.05, 4.69) is 413 Å². The average molecular weight is 1770 g/mol. The number of nitrogens with zero attached hydrogens (tertiary/aromatic N) is 7. The van der Waals surface area contributed by atoms with Gasteiger partial charge in [0.15, 0.2) is 23.3 Å². The summed E-state index contributed by atoms with van der Waals surface area (Å²) in [7, 11) is 0. The molecule has 0 unspecified atom stereocenters. The van der Waals surface area contributed by atoms with Gasteiger partial charge >= 0.3 is 0 Å². The van der Waals surface area contributed by atoms with Gasteiger partial charge in [0.1, 0.15) is 5.69 Å². The maximum absolute atomic E-state index is 5.36. The summed E-state index contributed by atoms with van der Waals surface area (Å²) in [5.74, 6) is 2.74. The average Bonchev–Trinajstić information content (AvgIpc) is 1.56. The number of aromatic nitrogens is 7. The van der Waals surface area contributed by atoms with Crippen molar-refractivity contribution in [3.05, 3.63) is 443 Å². The Labute approximate surface area is 789 Å². The topological polar surface area (TPSA) is 90.2 Å². The van der Waals surface area contributed by atoms with E-state index in [-0.39, 0.29) is 0 Å². The molecule has 626 valence electrons. The zero-order chi connectivity index (χ0) is 88.7. The van der Waals surface area contributed by atoms with Crippen molar-refractivity contribution >= 4 is 129 Å². The van der Waals surface area contributed by atoms with E-state index in [1.165, 1.54) is 179 Å². The highest BCUT2D eigenvalue weighted by Gasteiger charge is 2.34. The van der Waals surface area contributed by atoms with Crippen LogP contribution in [0.4, 0.5) is 0 Å². The lowest BCUT2D eigenvalue weighted by Crippen LogP contribution is -2.00. The molecule has 6 aromatic heterocycles. The van der Waals surface area contributed by atoms with Crippen LogP contribution in [-0.4, -0.2) is 34.9 Å². The standard InChI is InChI=1S/C49H29N3S.2C38H22N2S/c1-2-13-32(14-3-1)47-50-48(52-49(51-47)36-27-22-30-12-4-5-15-34(30)28-36)33-25-23-31(24-26-33)45-43-41-21-11-10-19-39(41)38-18-8-9-20-40(38)42-29-35-16-6-7-17-37(35)46(53-45)44(42)43;1-2-12-23(13-3-1)35-36(40-32-21-11-10-20-31(32)39-35)38-33-29-19-9-8-17-27(29)26-16-6-7-18-28(26)30-22-24-14-4-5-15-25(24)37(41-38)34(30)33;1-2-12-23(13-3-1)35-30-20-10-11-21-32(30)39-38(40-35)37-33-29-19-9-8-17-27(29)26-16-6-7-18-28(26)31-22-24-14-4-5-15-25(24)36(41-37)34(31)33/h1-29H;2*1-22H. The van der Waals surface area contributed by atoms with Gasteiger partial charge in [0.25, 0.3) is 0 Å². The van der Waals surface area contributed by atoms with Crippen molar-refractivity contribution in [1.29, 1.82) is 0 Å². The third kappa shape index (κ3) is 12.9. The van der Waals surface area contributed by atoms with Gasteiger partial charge in [-0.2, -0.15) is 0 Å². The van der Waals surface area contributed by atoms with E-state index in [1.807, 2.05) is 64.3 Å². The predicted molar refractivity (Wildman–Crippen MR) is 568 cm³/mol. The highest BCUT2D eigenvalue weighted by molar-refractivity contribution is 7.25. The Morgan fingerprint density at radius 1 is 0.148 bits per heavy atom. The number of fused-ring (bicyclic) bond motifs is 24. The first kappa shape index (κ1) is 77.9. The van der Waals surface area contributed by atoms with E-state index in [0.29, 0.717) is 17.5 Å². The number of para-hydroxylation sites is 3. The number of hydrogen-bond acceptors (Lipinski definition) is 10. The molecule has 29 rings (SSSR count). The summed E-state index contributed by atoms with van der Waals surface area (Å²) in [6.07, 6.45) is 0. The van der Waals surface area contributed by atoms with Gasteiger partial charge < -0.3 is 0 Å². The maximum atomic E-state index is 5.36. The lowest BCUT2D eigenvalue weighted by Gasteiger charge is -2.13. The van der Waals surface area contributed by atoms with Crippen LogP contribution in [0.2, 0.25) is 0 Å². The summed E-state index contributed by atoms with van der Waals surface area (Å²) >= 11 is 5.56. The van der Waals surface area contributed by atoms with Gasteiger partial charge in [-0.15, -0.1) is 34.0 Å². The van der Waals surface area contributed by atoms with E-state index in [1.54, 1.807) is 0 Å². The maximum Gasteiger partial charge on any atom is 0.171 e.